The molecule has 2 aromatic rings. The number of carbonyl (C=O) groups excluding carboxylic acids is 1. The number of benzene rings is 1. The van der Waals surface area contributed by atoms with Gasteiger partial charge in [0.1, 0.15) is 0 Å². The van der Waals surface area contributed by atoms with Crippen molar-refractivity contribution < 1.29 is 9.21 Å². The third-order valence-electron chi connectivity index (χ3n) is 6.66. The highest BCUT2D eigenvalue weighted by Gasteiger charge is 2.54. The topological polar surface area (TPSA) is 68.0 Å². The Kier molecular flexibility index (Phi) is 4.67. The number of aromatic nitrogens is 2. The standard InChI is InChI=1S/C21H24ClN3O2S/c1-12(18(26)23-17-4-2-16(22)3-5-17)28-20-25-24-19(27-20)21-9-13-6-14(10-21)8-15(7-13)11-21/h2-5,12-15H,6-11H2,1H3,(H,23,26)/t12-,13?,14?,15?,21?/m1/s1. The predicted molar refractivity (Wildman–Crippen MR) is 110 cm³/mol. The van der Waals surface area contributed by atoms with Crippen molar-refractivity contribution in [3.05, 3.63) is 35.2 Å². The first-order chi connectivity index (χ1) is 13.5. The molecule has 4 aliphatic carbocycles. The highest BCUT2D eigenvalue weighted by molar-refractivity contribution is 8.00. The van der Waals surface area contributed by atoms with E-state index < -0.39 is 0 Å². The number of hydrogen-bond acceptors (Lipinski definition) is 5. The molecule has 1 atom stereocenters. The lowest BCUT2D eigenvalue weighted by Gasteiger charge is -2.55. The van der Waals surface area contributed by atoms with Crippen LogP contribution in [0.25, 0.3) is 0 Å². The molecule has 1 amide bonds. The van der Waals surface area contributed by atoms with Gasteiger partial charge in [0.15, 0.2) is 0 Å². The highest BCUT2D eigenvalue weighted by Crippen LogP contribution is 2.60. The number of carbonyl (C=O) groups is 1. The first kappa shape index (κ1) is 18.5. The van der Waals surface area contributed by atoms with Crippen LogP contribution in [0.2, 0.25) is 5.02 Å². The van der Waals surface area contributed by atoms with E-state index in [1.54, 1.807) is 24.3 Å². The molecule has 28 heavy (non-hydrogen) atoms. The largest absolute Gasteiger partial charge is 0.415 e. The van der Waals surface area contributed by atoms with Gasteiger partial charge in [-0.2, -0.15) is 0 Å². The Morgan fingerprint density at radius 1 is 1.14 bits per heavy atom. The summed E-state index contributed by atoms with van der Waals surface area (Å²) >= 11 is 7.21. The van der Waals surface area contributed by atoms with E-state index in [1.807, 2.05) is 6.92 Å². The van der Waals surface area contributed by atoms with E-state index in [2.05, 4.69) is 15.5 Å². The molecule has 4 saturated carbocycles. The Balaban J connectivity index is 1.25. The lowest BCUT2D eigenvalue weighted by atomic mass is 9.49. The maximum atomic E-state index is 12.5. The average Bonchev–Trinajstić information content (AvgIpc) is 3.12. The molecule has 4 fully saturated rings. The Bertz CT molecular complexity index is 847. The highest BCUT2D eigenvalue weighted by atomic mass is 35.5. The molecule has 1 N–H and O–H groups in total. The summed E-state index contributed by atoms with van der Waals surface area (Å²) in [5.74, 6) is 3.20. The molecule has 6 rings (SSSR count). The molecule has 1 heterocycles. The van der Waals surface area contributed by atoms with Crippen LogP contribution in [-0.2, 0) is 10.2 Å². The Morgan fingerprint density at radius 3 is 2.36 bits per heavy atom. The summed E-state index contributed by atoms with van der Waals surface area (Å²) < 4.78 is 6.10. The van der Waals surface area contributed by atoms with Gasteiger partial charge in [0.2, 0.25) is 11.8 Å². The molecule has 5 nitrogen and oxygen atoms in total. The van der Waals surface area contributed by atoms with Crippen LogP contribution < -0.4 is 5.32 Å². The summed E-state index contributed by atoms with van der Waals surface area (Å²) in [6.45, 7) is 1.85. The normalized spacial score (nSPS) is 31.7. The summed E-state index contributed by atoms with van der Waals surface area (Å²) in [4.78, 5) is 12.5. The van der Waals surface area contributed by atoms with Gasteiger partial charge in [-0.3, -0.25) is 4.79 Å². The van der Waals surface area contributed by atoms with E-state index in [0.29, 0.717) is 10.2 Å². The first-order valence-electron chi connectivity index (χ1n) is 10.1. The van der Waals surface area contributed by atoms with Gasteiger partial charge in [-0.1, -0.05) is 23.4 Å². The van der Waals surface area contributed by atoms with E-state index in [9.17, 15) is 4.79 Å². The molecule has 7 heteroatoms. The molecule has 0 unspecified atom stereocenters. The fraction of sp³-hybridized carbons (Fsp3) is 0.571. The summed E-state index contributed by atoms with van der Waals surface area (Å²) in [5.41, 5.74) is 0.816. The van der Waals surface area contributed by atoms with Crippen LogP contribution in [0.4, 0.5) is 5.69 Å². The minimum atomic E-state index is -0.333. The monoisotopic (exact) mass is 417 g/mol. The van der Waals surface area contributed by atoms with Crippen LogP contribution in [0.5, 0.6) is 0 Å². The predicted octanol–water partition coefficient (Wildman–Crippen LogP) is 5.31. The zero-order valence-electron chi connectivity index (χ0n) is 15.9. The lowest BCUT2D eigenvalue weighted by Crippen LogP contribution is -2.48. The number of hydrogen-bond donors (Lipinski definition) is 1. The van der Waals surface area contributed by atoms with Crippen molar-refractivity contribution in [1.29, 1.82) is 0 Å². The number of halogens is 1. The maximum Gasteiger partial charge on any atom is 0.277 e. The molecule has 0 radical (unpaired) electrons. The van der Waals surface area contributed by atoms with Crippen molar-refractivity contribution >= 4 is 35.0 Å². The van der Waals surface area contributed by atoms with E-state index >= 15 is 0 Å². The second-order valence-corrected chi connectivity index (χ2v) is 10.6. The fourth-order valence-corrected chi connectivity index (χ4v) is 6.64. The number of nitrogens with zero attached hydrogens (tertiary/aromatic N) is 2. The molecule has 0 saturated heterocycles. The van der Waals surface area contributed by atoms with E-state index in [0.717, 1.165) is 29.3 Å². The van der Waals surface area contributed by atoms with Crippen molar-refractivity contribution in [2.45, 2.75) is 61.3 Å². The molecule has 148 valence electrons. The number of thioether (sulfide) groups is 1. The van der Waals surface area contributed by atoms with Crippen molar-refractivity contribution in [3.63, 3.8) is 0 Å². The number of amides is 1. The second-order valence-electron chi connectivity index (χ2n) is 8.83. The third kappa shape index (κ3) is 3.45. The van der Waals surface area contributed by atoms with E-state index in [1.165, 1.54) is 50.3 Å². The fourth-order valence-electron chi connectivity index (χ4n) is 5.83. The van der Waals surface area contributed by atoms with Crippen LogP contribution >= 0.6 is 23.4 Å². The van der Waals surface area contributed by atoms with Crippen LogP contribution in [0, 0.1) is 17.8 Å². The summed E-state index contributed by atoms with van der Waals surface area (Å²) in [5, 5.41) is 12.4. The molecule has 0 spiro atoms. The minimum absolute atomic E-state index is 0.0926. The second kappa shape index (κ2) is 7.06. The van der Waals surface area contributed by atoms with Gasteiger partial charge in [0, 0.05) is 16.1 Å². The molecular weight excluding hydrogens is 394 g/mol. The van der Waals surface area contributed by atoms with Crippen molar-refractivity contribution in [2.75, 3.05) is 5.32 Å². The minimum Gasteiger partial charge on any atom is -0.415 e. The lowest BCUT2D eigenvalue weighted by molar-refractivity contribution is -0.115. The van der Waals surface area contributed by atoms with Crippen molar-refractivity contribution in [1.82, 2.24) is 10.2 Å². The van der Waals surface area contributed by atoms with Crippen molar-refractivity contribution in [3.8, 4) is 0 Å². The van der Waals surface area contributed by atoms with Crippen LogP contribution in [0.1, 0.15) is 51.3 Å². The molecule has 1 aromatic heterocycles. The molecule has 4 bridgehead atoms. The average molecular weight is 418 g/mol. The Morgan fingerprint density at radius 2 is 1.75 bits per heavy atom. The third-order valence-corrected chi connectivity index (χ3v) is 7.84. The van der Waals surface area contributed by atoms with Gasteiger partial charge in [-0.05, 0) is 87.5 Å². The Hall–Kier alpha value is -1.53. The maximum absolute atomic E-state index is 12.5. The molecular formula is C21H24ClN3O2S. The zero-order valence-corrected chi connectivity index (χ0v) is 17.4. The van der Waals surface area contributed by atoms with Crippen LogP contribution in [0.15, 0.2) is 33.9 Å². The zero-order chi connectivity index (χ0) is 19.3. The smallest absolute Gasteiger partial charge is 0.277 e. The van der Waals surface area contributed by atoms with Gasteiger partial charge < -0.3 is 9.73 Å². The Labute approximate surface area is 174 Å². The van der Waals surface area contributed by atoms with Gasteiger partial charge in [-0.25, -0.2) is 0 Å². The van der Waals surface area contributed by atoms with Gasteiger partial charge in [0.05, 0.1) is 5.25 Å². The molecule has 0 aliphatic heterocycles. The van der Waals surface area contributed by atoms with Crippen molar-refractivity contribution in [2.24, 2.45) is 17.8 Å². The quantitative estimate of drug-likeness (QED) is 0.667. The number of nitrogens with one attached hydrogen (secondary N) is 1. The summed E-state index contributed by atoms with van der Waals surface area (Å²) in [7, 11) is 0. The SMILES string of the molecule is C[C@@H](Sc1nnc(C23CC4CC(CC(C4)C2)C3)o1)C(=O)Nc1ccc(Cl)cc1. The van der Waals surface area contributed by atoms with Gasteiger partial charge in [0.25, 0.3) is 5.22 Å². The number of rotatable bonds is 5. The molecule has 1 aromatic carbocycles. The van der Waals surface area contributed by atoms with Crippen LogP contribution in [0.3, 0.4) is 0 Å². The summed E-state index contributed by atoms with van der Waals surface area (Å²) in [6.07, 6.45) is 7.73. The van der Waals surface area contributed by atoms with Crippen LogP contribution in [-0.4, -0.2) is 21.4 Å². The summed E-state index contributed by atoms with van der Waals surface area (Å²) in [6, 6.07) is 7.08. The van der Waals surface area contributed by atoms with Gasteiger partial charge in [-0.15, -0.1) is 10.2 Å². The number of anilines is 1. The first-order valence-corrected chi connectivity index (χ1v) is 11.3. The van der Waals surface area contributed by atoms with Gasteiger partial charge >= 0.3 is 0 Å². The van der Waals surface area contributed by atoms with E-state index in [-0.39, 0.29) is 16.6 Å². The molecule has 4 aliphatic rings. The van der Waals surface area contributed by atoms with E-state index in [4.69, 9.17) is 16.0 Å².